The predicted molar refractivity (Wildman–Crippen MR) is 212 cm³/mol. The number of carboxylic acids is 1. The van der Waals surface area contributed by atoms with Crippen LogP contribution in [0, 0.1) is 40.4 Å². The van der Waals surface area contributed by atoms with Crippen LogP contribution in [0.3, 0.4) is 0 Å². The lowest BCUT2D eigenvalue weighted by molar-refractivity contribution is -0.111. The molecule has 5 rings (SSSR count). The molecule has 1 aromatic rings. The van der Waals surface area contributed by atoms with Crippen molar-refractivity contribution in [2.75, 3.05) is 7.11 Å². The van der Waals surface area contributed by atoms with E-state index >= 15 is 0 Å². The second-order valence-electron chi connectivity index (χ2n) is 13.1. The van der Waals surface area contributed by atoms with E-state index in [1.165, 1.54) is 83.5 Å². The molecule has 47 heavy (non-hydrogen) atoms. The molecular weight excluding hydrogens is 576 g/mol. The van der Waals surface area contributed by atoms with Crippen LogP contribution in [0.5, 0.6) is 0 Å². The summed E-state index contributed by atoms with van der Waals surface area (Å²) in [6.07, 6.45) is 20.7. The minimum absolute atomic E-state index is 0.491. The SMILES string of the molecule is CC.CC.CC.CC.CC.CC12CCCCC1CCC1C2CCC2(C)C(CCCCc3ccccc3C(=O)O)CCC12.CCC.CO. The molecule has 0 spiro atoms. The zero-order valence-corrected chi connectivity index (χ0v) is 34.6. The third-order valence-corrected chi connectivity index (χ3v) is 11.3. The third kappa shape index (κ3) is 13.8. The van der Waals surface area contributed by atoms with Crippen LogP contribution >= 0.6 is 0 Å². The average Bonchev–Trinajstić information content (AvgIpc) is 3.48. The van der Waals surface area contributed by atoms with Crippen molar-refractivity contribution in [3.63, 3.8) is 0 Å². The monoisotopic (exact) mass is 663 g/mol. The Hall–Kier alpha value is -1.35. The van der Waals surface area contributed by atoms with Gasteiger partial charge in [-0.15, -0.1) is 0 Å². The maximum Gasteiger partial charge on any atom is 0.335 e. The first-order chi connectivity index (χ1) is 22.8. The molecule has 0 bridgehead atoms. The Labute approximate surface area is 296 Å². The number of unbranched alkanes of at least 4 members (excludes halogenated alkanes) is 1. The number of aliphatic hydroxyl groups excluding tert-OH is 1. The lowest BCUT2D eigenvalue weighted by Crippen LogP contribution is -2.52. The van der Waals surface area contributed by atoms with E-state index in [9.17, 15) is 9.90 Å². The van der Waals surface area contributed by atoms with Gasteiger partial charge >= 0.3 is 5.97 Å². The number of hydrogen-bond donors (Lipinski definition) is 2. The van der Waals surface area contributed by atoms with Crippen LogP contribution in [0.15, 0.2) is 24.3 Å². The normalized spacial score (nSPS) is 29.0. The maximum atomic E-state index is 11.5. The summed E-state index contributed by atoms with van der Waals surface area (Å²) in [5.74, 6) is 4.10. The summed E-state index contributed by atoms with van der Waals surface area (Å²) in [7, 11) is 1.00. The molecule has 1 aromatic carbocycles. The molecule has 280 valence electrons. The zero-order valence-electron chi connectivity index (χ0n) is 34.6. The molecule has 0 amide bonds. The molecule has 0 heterocycles. The Morgan fingerprint density at radius 3 is 1.83 bits per heavy atom. The van der Waals surface area contributed by atoms with Crippen molar-refractivity contribution in [2.24, 2.45) is 40.4 Å². The summed E-state index contributed by atoms with van der Waals surface area (Å²) < 4.78 is 0. The standard InChI is InChI=1S/C30H44O2.C3H8.5C2H6.CH4O/c1-29-19-8-7-12-22(29)14-16-25-26-17-15-23(30(26,2)20-18-27(25)29)11-5-3-9-21-10-4-6-13-24(21)28(31)32;1-3-2;6*1-2/h4,6,10,13,22-23,25-27H,3,5,7-9,11-12,14-20H2,1-2H3,(H,31,32);3H2,1-2H3;5*1-2H3;2H,1H3. The topological polar surface area (TPSA) is 57.5 Å². The molecule has 0 aliphatic heterocycles. The van der Waals surface area contributed by atoms with Crippen molar-refractivity contribution in [1.29, 1.82) is 0 Å². The van der Waals surface area contributed by atoms with Crippen LogP contribution in [-0.2, 0) is 6.42 Å². The summed E-state index contributed by atoms with van der Waals surface area (Å²) in [5.41, 5.74) is 2.72. The lowest BCUT2D eigenvalue weighted by atomic mass is 9.45. The molecule has 4 aliphatic carbocycles. The number of fused-ring (bicyclic) bond motifs is 5. The van der Waals surface area contributed by atoms with E-state index in [2.05, 4.69) is 27.7 Å². The van der Waals surface area contributed by atoms with Gasteiger partial charge in [-0.05, 0) is 123 Å². The van der Waals surface area contributed by atoms with Crippen molar-refractivity contribution in [2.45, 2.75) is 193 Å². The van der Waals surface area contributed by atoms with Crippen LogP contribution < -0.4 is 0 Å². The van der Waals surface area contributed by atoms with E-state index in [1.807, 2.05) is 87.4 Å². The van der Waals surface area contributed by atoms with Gasteiger partial charge in [-0.25, -0.2) is 4.79 Å². The second kappa shape index (κ2) is 29.6. The first-order valence-corrected chi connectivity index (χ1v) is 20.6. The van der Waals surface area contributed by atoms with Gasteiger partial charge in [0.2, 0.25) is 0 Å². The van der Waals surface area contributed by atoms with Crippen LogP contribution in [0.2, 0.25) is 0 Å². The Balaban J connectivity index is -0.00000113. The van der Waals surface area contributed by atoms with Crippen LogP contribution in [0.25, 0.3) is 0 Å². The number of benzene rings is 1. The highest BCUT2D eigenvalue weighted by atomic mass is 16.4. The number of aromatic carboxylic acids is 1. The largest absolute Gasteiger partial charge is 0.478 e. The van der Waals surface area contributed by atoms with Gasteiger partial charge in [0.25, 0.3) is 0 Å². The van der Waals surface area contributed by atoms with Gasteiger partial charge in [0.05, 0.1) is 5.56 Å². The molecule has 7 atom stereocenters. The van der Waals surface area contributed by atoms with E-state index in [-0.39, 0.29) is 0 Å². The molecule has 3 heteroatoms. The van der Waals surface area contributed by atoms with Crippen molar-refractivity contribution in [3.8, 4) is 0 Å². The van der Waals surface area contributed by atoms with Gasteiger partial charge in [-0.3, -0.25) is 0 Å². The Kier molecular flexibility index (Phi) is 31.5. The maximum absolute atomic E-state index is 11.5. The van der Waals surface area contributed by atoms with Gasteiger partial charge < -0.3 is 10.2 Å². The number of carboxylic acid groups (broad SMARTS) is 1. The molecule has 4 aliphatic rings. The number of aliphatic hydroxyl groups is 1. The highest BCUT2D eigenvalue weighted by Crippen LogP contribution is 2.67. The minimum Gasteiger partial charge on any atom is -0.478 e. The van der Waals surface area contributed by atoms with E-state index in [4.69, 9.17) is 5.11 Å². The molecule has 0 saturated heterocycles. The van der Waals surface area contributed by atoms with E-state index in [0.29, 0.717) is 16.4 Å². The molecule has 0 radical (unpaired) electrons. The summed E-state index contributed by atoms with van der Waals surface area (Å²) in [4.78, 5) is 11.5. The molecule has 7 unspecified atom stereocenters. The first kappa shape index (κ1) is 50.0. The lowest BCUT2D eigenvalue weighted by Gasteiger charge is -2.60. The van der Waals surface area contributed by atoms with Crippen LogP contribution in [0.1, 0.15) is 203 Å². The van der Waals surface area contributed by atoms with E-state index in [0.717, 1.165) is 55.1 Å². The predicted octanol–water partition coefficient (Wildman–Crippen LogP) is 14.3. The van der Waals surface area contributed by atoms with Crippen molar-refractivity contribution >= 4 is 5.97 Å². The number of hydrogen-bond acceptors (Lipinski definition) is 2. The third-order valence-electron chi connectivity index (χ3n) is 11.3. The zero-order chi connectivity index (χ0) is 37.1. The van der Waals surface area contributed by atoms with E-state index < -0.39 is 5.97 Å². The number of rotatable bonds is 6. The Morgan fingerprint density at radius 1 is 0.702 bits per heavy atom. The van der Waals surface area contributed by atoms with Crippen molar-refractivity contribution < 1.29 is 15.0 Å². The molecule has 0 aromatic heterocycles. The van der Waals surface area contributed by atoms with Gasteiger partial charge in [-0.2, -0.15) is 0 Å². The van der Waals surface area contributed by atoms with Crippen LogP contribution in [0.4, 0.5) is 0 Å². The minimum atomic E-state index is -0.787. The summed E-state index contributed by atoms with van der Waals surface area (Å²) in [6, 6.07) is 7.56. The van der Waals surface area contributed by atoms with Crippen LogP contribution in [-0.4, -0.2) is 23.3 Å². The first-order valence-electron chi connectivity index (χ1n) is 20.6. The molecule has 2 N–H and O–H groups in total. The Bertz CT molecular complexity index is 850. The van der Waals surface area contributed by atoms with E-state index in [1.54, 1.807) is 6.07 Å². The number of carbonyl (C=O) groups is 1. The molecular formula is C44H86O3. The van der Waals surface area contributed by atoms with Gasteiger partial charge in [0.15, 0.2) is 0 Å². The molecule has 4 saturated carbocycles. The fraction of sp³-hybridized carbons (Fsp3) is 0.841. The van der Waals surface area contributed by atoms with Crippen molar-refractivity contribution in [1.82, 2.24) is 0 Å². The summed E-state index contributed by atoms with van der Waals surface area (Å²) in [6.45, 7) is 29.6. The number of aryl methyl sites for hydroxylation is 1. The quantitative estimate of drug-likeness (QED) is 0.298. The van der Waals surface area contributed by atoms with Gasteiger partial charge in [0, 0.05) is 7.11 Å². The van der Waals surface area contributed by atoms with Crippen molar-refractivity contribution in [3.05, 3.63) is 35.4 Å². The molecule has 3 nitrogen and oxygen atoms in total. The van der Waals surface area contributed by atoms with Gasteiger partial charge in [0.1, 0.15) is 0 Å². The smallest absolute Gasteiger partial charge is 0.335 e. The summed E-state index contributed by atoms with van der Waals surface area (Å²) in [5, 5.41) is 16.4. The second-order valence-corrected chi connectivity index (χ2v) is 13.1. The highest BCUT2D eigenvalue weighted by Gasteiger charge is 2.59. The average molecular weight is 663 g/mol. The summed E-state index contributed by atoms with van der Waals surface area (Å²) >= 11 is 0. The Morgan fingerprint density at radius 2 is 1.26 bits per heavy atom. The fourth-order valence-electron chi connectivity index (χ4n) is 9.53. The fourth-order valence-corrected chi connectivity index (χ4v) is 9.53. The highest BCUT2D eigenvalue weighted by molar-refractivity contribution is 5.89. The molecule has 4 fully saturated rings. The van der Waals surface area contributed by atoms with Gasteiger partial charge in [-0.1, -0.05) is 141 Å².